The second-order valence-electron chi connectivity index (χ2n) is 6.48. The zero-order valence-corrected chi connectivity index (χ0v) is 14.0. The number of hydrogen-bond donors (Lipinski definition) is 1. The van der Waals surface area contributed by atoms with E-state index in [-0.39, 0.29) is 12.1 Å². The van der Waals surface area contributed by atoms with Gasteiger partial charge in [0.1, 0.15) is 5.60 Å². The zero-order chi connectivity index (χ0) is 16.3. The van der Waals surface area contributed by atoms with Crippen molar-refractivity contribution in [1.29, 1.82) is 0 Å². The minimum Gasteiger partial charge on any atom is -0.481 e. The summed E-state index contributed by atoms with van der Waals surface area (Å²) in [5.41, 5.74) is 1.37. The molecule has 1 N–H and O–H groups in total. The maximum Gasteiger partial charge on any atom is 0.410 e. The van der Waals surface area contributed by atoms with Crippen molar-refractivity contribution in [3.8, 4) is 5.88 Å². The average molecular weight is 307 g/mol. The summed E-state index contributed by atoms with van der Waals surface area (Å²) in [6.07, 6.45) is -0.285. The predicted molar refractivity (Wildman–Crippen MR) is 84.1 cm³/mol. The van der Waals surface area contributed by atoms with Gasteiger partial charge in [-0.2, -0.15) is 0 Å². The Bertz CT molecular complexity index is 540. The van der Waals surface area contributed by atoms with Crippen LogP contribution in [0.2, 0.25) is 0 Å². The molecule has 1 aliphatic heterocycles. The van der Waals surface area contributed by atoms with Crippen LogP contribution in [-0.2, 0) is 4.74 Å². The Balaban J connectivity index is 2.26. The fourth-order valence-corrected chi connectivity index (χ4v) is 2.50. The fourth-order valence-electron chi connectivity index (χ4n) is 2.50. The molecule has 1 amide bonds. The van der Waals surface area contributed by atoms with E-state index in [2.05, 4.69) is 10.3 Å². The molecule has 0 radical (unpaired) electrons. The number of aromatic nitrogens is 1. The van der Waals surface area contributed by atoms with Crippen molar-refractivity contribution in [1.82, 2.24) is 15.2 Å². The second-order valence-corrected chi connectivity index (χ2v) is 6.48. The van der Waals surface area contributed by atoms with Crippen LogP contribution in [0.4, 0.5) is 4.79 Å². The molecular formula is C16H25N3O3. The smallest absolute Gasteiger partial charge is 0.410 e. The minimum absolute atomic E-state index is 0.0841. The number of pyridine rings is 1. The molecule has 1 fully saturated rings. The molecule has 6 nitrogen and oxygen atoms in total. The maximum absolute atomic E-state index is 12.5. The van der Waals surface area contributed by atoms with Crippen LogP contribution in [-0.4, -0.2) is 48.3 Å². The third-order valence-electron chi connectivity index (χ3n) is 3.42. The lowest BCUT2D eigenvalue weighted by Gasteiger charge is -2.37. The lowest BCUT2D eigenvalue weighted by molar-refractivity contribution is 0.0117. The highest BCUT2D eigenvalue weighted by Crippen LogP contribution is 2.27. The van der Waals surface area contributed by atoms with Crippen molar-refractivity contribution >= 4 is 6.09 Å². The van der Waals surface area contributed by atoms with Crippen molar-refractivity contribution in [2.45, 2.75) is 39.3 Å². The molecule has 2 heterocycles. The minimum atomic E-state index is -0.502. The molecule has 1 aliphatic rings. The van der Waals surface area contributed by atoms with Gasteiger partial charge in [-0.05, 0) is 39.3 Å². The van der Waals surface area contributed by atoms with Gasteiger partial charge in [-0.15, -0.1) is 0 Å². The Morgan fingerprint density at radius 1 is 1.41 bits per heavy atom. The highest BCUT2D eigenvalue weighted by Gasteiger charge is 2.31. The first-order chi connectivity index (χ1) is 10.3. The molecule has 0 spiro atoms. The molecule has 6 heteroatoms. The summed E-state index contributed by atoms with van der Waals surface area (Å²) in [5.74, 6) is 0.560. The van der Waals surface area contributed by atoms with Gasteiger partial charge in [-0.3, -0.25) is 4.90 Å². The van der Waals surface area contributed by atoms with E-state index in [1.165, 1.54) is 0 Å². The predicted octanol–water partition coefficient (Wildman–Crippen LogP) is 2.28. The van der Waals surface area contributed by atoms with Gasteiger partial charge in [0, 0.05) is 31.4 Å². The number of methoxy groups -OCH3 is 1. The highest BCUT2D eigenvalue weighted by molar-refractivity contribution is 5.69. The summed E-state index contributed by atoms with van der Waals surface area (Å²) in [4.78, 5) is 18.5. The molecule has 1 atom stereocenters. The van der Waals surface area contributed by atoms with Gasteiger partial charge in [0.05, 0.1) is 13.2 Å². The van der Waals surface area contributed by atoms with Gasteiger partial charge in [0.15, 0.2) is 0 Å². The van der Waals surface area contributed by atoms with Gasteiger partial charge in [0.2, 0.25) is 5.88 Å². The van der Waals surface area contributed by atoms with Crippen molar-refractivity contribution in [3.63, 3.8) is 0 Å². The Kier molecular flexibility index (Phi) is 4.90. The van der Waals surface area contributed by atoms with Crippen LogP contribution in [0.15, 0.2) is 12.1 Å². The number of nitrogens with one attached hydrogen (secondary N) is 1. The molecule has 1 aromatic rings. The average Bonchev–Trinajstić information content (AvgIpc) is 2.44. The molecule has 1 saturated heterocycles. The van der Waals surface area contributed by atoms with E-state index in [9.17, 15) is 4.79 Å². The van der Waals surface area contributed by atoms with Crippen LogP contribution in [0.25, 0.3) is 0 Å². The first-order valence-corrected chi connectivity index (χ1v) is 7.53. The molecule has 0 bridgehead atoms. The monoisotopic (exact) mass is 307 g/mol. The largest absolute Gasteiger partial charge is 0.481 e. The molecule has 0 aliphatic carbocycles. The standard InChI is InChI=1S/C16H25N3O3/c1-11-8-12(9-14(18-11)21-5)13-10-17-6-7-19(13)15(20)22-16(2,3)4/h8-9,13,17H,6-7,10H2,1-5H3. The van der Waals surface area contributed by atoms with E-state index >= 15 is 0 Å². The maximum atomic E-state index is 12.5. The summed E-state index contributed by atoms with van der Waals surface area (Å²) in [5, 5.41) is 3.33. The number of carbonyl (C=O) groups excluding carboxylic acids is 1. The molecule has 22 heavy (non-hydrogen) atoms. The molecule has 1 aromatic heterocycles. The number of ether oxygens (including phenoxy) is 2. The van der Waals surface area contributed by atoms with Crippen molar-refractivity contribution in [3.05, 3.63) is 23.4 Å². The number of amides is 1. The summed E-state index contributed by atoms with van der Waals surface area (Å²) >= 11 is 0. The SMILES string of the molecule is COc1cc(C2CNCCN2C(=O)OC(C)(C)C)cc(C)n1. The number of carbonyl (C=O) groups is 1. The second kappa shape index (κ2) is 6.52. The van der Waals surface area contributed by atoms with E-state index in [1.807, 2.05) is 39.8 Å². The first kappa shape index (κ1) is 16.5. The van der Waals surface area contributed by atoms with Gasteiger partial charge in [0.25, 0.3) is 0 Å². The number of rotatable bonds is 2. The highest BCUT2D eigenvalue weighted by atomic mass is 16.6. The third kappa shape index (κ3) is 4.10. The van der Waals surface area contributed by atoms with E-state index < -0.39 is 5.60 Å². The van der Waals surface area contributed by atoms with Gasteiger partial charge in [-0.1, -0.05) is 0 Å². The van der Waals surface area contributed by atoms with Crippen LogP contribution in [0, 0.1) is 6.92 Å². The summed E-state index contributed by atoms with van der Waals surface area (Å²) < 4.78 is 10.8. The molecule has 0 saturated carbocycles. The molecular weight excluding hydrogens is 282 g/mol. The lowest BCUT2D eigenvalue weighted by Crippen LogP contribution is -2.50. The van der Waals surface area contributed by atoms with E-state index in [4.69, 9.17) is 9.47 Å². The molecule has 1 unspecified atom stereocenters. The van der Waals surface area contributed by atoms with Crippen LogP contribution in [0.3, 0.4) is 0 Å². The van der Waals surface area contributed by atoms with Crippen LogP contribution >= 0.6 is 0 Å². The van der Waals surface area contributed by atoms with Crippen LogP contribution in [0.5, 0.6) is 5.88 Å². The first-order valence-electron chi connectivity index (χ1n) is 7.53. The van der Waals surface area contributed by atoms with Crippen molar-refractivity contribution in [2.24, 2.45) is 0 Å². The number of nitrogens with zero attached hydrogens (tertiary/aromatic N) is 2. The summed E-state index contributed by atoms with van der Waals surface area (Å²) in [6, 6.07) is 3.78. The molecule has 122 valence electrons. The topological polar surface area (TPSA) is 63.7 Å². The van der Waals surface area contributed by atoms with Crippen molar-refractivity contribution in [2.75, 3.05) is 26.7 Å². The zero-order valence-electron chi connectivity index (χ0n) is 14.0. The molecule has 2 rings (SSSR count). The quantitative estimate of drug-likeness (QED) is 0.908. The van der Waals surface area contributed by atoms with Crippen LogP contribution < -0.4 is 10.1 Å². The Morgan fingerprint density at radius 3 is 2.77 bits per heavy atom. The Labute approximate surface area is 131 Å². The number of hydrogen-bond acceptors (Lipinski definition) is 5. The summed E-state index contributed by atoms with van der Waals surface area (Å²) in [6.45, 7) is 9.61. The van der Waals surface area contributed by atoms with Gasteiger partial charge < -0.3 is 14.8 Å². The summed E-state index contributed by atoms with van der Waals surface area (Å²) in [7, 11) is 1.59. The lowest BCUT2D eigenvalue weighted by atomic mass is 10.0. The Morgan fingerprint density at radius 2 is 2.14 bits per heavy atom. The Hall–Kier alpha value is -1.82. The van der Waals surface area contributed by atoms with Crippen LogP contribution in [0.1, 0.15) is 38.1 Å². The van der Waals surface area contributed by atoms with Crippen molar-refractivity contribution < 1.29 is 14.3 Å². The van der Waals surface area contributed by atoms with E-state index in [0.29, 0.717) is 19.0 Å². The van der Waals surface area contributed by atoms with Gasteiger partial charge >= 0.3 is 6.09 Å². The van der Waals surface area contributed by atoms with Gasteiger partial charge in [-0.25, -0.2) is 9.78 Å². The normalized spacial score (nSPS) is 19.0. The molecule has 0 aromatic carbocycles. The van der Waals surface area contributed by atoms with E-state index in [1.54, 1.807) is 12.0 Å². The third-order valence-corrected chi connectivity index (χ3v) is 3.42. The van der Waals surface area contributed by atoms with E-state index in [0.717, 1.165) is 17.8 Å². The number of piperazine rings is 1. The fraction of sp³-hybridized carbons (Fsp3) is 0.625. The number of aryl methyl sites for hydroxylation is 1.